The van der Waals surface area contributed by atoms with Crippen molar-refractivity contribution in [1.82, 2.24) is 0 Å². The lowest BCUT2D eigenvalue weighted by Crippen LogP contribution is -2.22. The number of carbonyl (C=O) groups is 1. The van der Waals surface area contributed by atoms with Gasteiger partial charge in [0, 0.05) is 0 Å². The second kappa shape index (κ2) is 5.33. The molecule has 0 aliphatic heterocycles. The van der Waals surface area contributed by atoms with Crippen LogP contribution in [0.5, 0.6) is 0 Å². The van der Waals surface area contributed by atoms with Gasteiger partial charge >= 0.3 is 5.97 Å². The SMILES string of the molecule is COC(=O)CC1(CS(=O)(=O)Cc2ccccc2)CC1. The van der Waals surface area contributed by atoms with E-state index in [1.807, 2.05) is 18.2 Å². The van der Waals surface area contributed by atoms with Crippen LogP contribution < -0.4 is 0 Å². The van der Waals surface area contributed by atoms with Crippen molar-refractivity contribution in [2.24, 2.45) is 5.41 Å². The fraction of sp³-hybridized carbons (Fsp3) is 0.500. The van der Waals surface area contributed by atoms with Crippen molar-refractivity contribution in [3.63, 3.8) is 0 Å². The van der Waals surface area contributed by atoms with E-state index in [4.69, 9.17) is 0 Å². The minimum atomic E-state index is -3.19. The van der Waals surface area contributed by atoms with Crippen molar-refractivity contribution >= 4 is 15.8 Å². The monoisotopic (exact) mass is 282 g/mol. The van der Waals surface area contributed by atoms with Crippen molar-refractivity contribution in [2.75, 3.05) is 12.9 Å². The number of methoxy groups -OCH3 is 1. The minimum absolute atomic E-state index is 0.0385. The van der Waals surface area contributed by atoms with Gasteiger partial charge in [0.05, 0.1) is 25.0 Å². The molecular formula is C14H18O4S. The molecule has 1 aromatic carbocycles. The summed E-state index contributed by atoms with van der Waals surface area (Å²) in [6.07, 6.45) is 1.78. The number of ether oxygens (including phenoxy) is 1. The number of esters is 1. The van der Waals surface area contributed by atoms with E-state index in [-0.39, 0.29) is 29.3 Å². The van der Waals surface area contributed by atoms with Gasteiger partial charge in [-0.1, -0.05) is 30.3 Å². The third kappa shape index (κ3) is 4.06. The Morgan fingerprint density at radius 3 is 2.42 bits per heavy atom. The van der Waals surface area contributed by atoms with Crippen LogP contribution in [0.15, 0.2) is 30.3 Å². The van der Waals surface area contributed by atoms with Gasteiger partial charge in [0.15, 0.2) is 9.84 Å². The van der Waals surface area contributed by atoms with E-state index in [1.54, 1.807) is 12.1 Å². The summed E-state index contributed by atoms with van der Waals surface area (Å²) in [7, 11) is -1.86. The Morgan fingerprint density at radius 1 is 1.26 bits per heavy atom. The normalized spacial score (nSPS) is 16.9. The van der Waals surface area contributed by atoms with E-state index in [1.165, 1.54) is 7.11 Å². The molecule has 0 radical (unpaired) electrons. The topological polar surface area (TPSA) is 60.4 Å². The first-order valence-electron chi connectivity index (χ1n) is 6.26. The molecule has 104 valence electrons. The molecule has 0 spiro atoms. The predicted molar refractivity (Wildman–Crippen MR) is 72.2 cm³/mol. The zero-order chi connectivity index (χ0) is 13.9. The van der Waals surface area contributed by atoms with E-state index >= 15 is 0 Å². The Morgan fingerprint density at radius 2 is 1.89 bits per heavy atom. The summed E-state index contributed by atoms with van der Waals surface area (Å²) in [5, 5.41) is 0. The molecule has 1 aliphatic rings. The molecule has 1 aromatic rings. The molecule has 1 aliphatic carbocycles. The van der Waals surface area contributed by atoms with E-state index in [2.05, 4.69) is 4.74 Å². The van der Waals surface area contributed by atoms with Gasteiger partial charge in [-0.25, -0.2) is 8.42 Å². The smallest absolute Gasteiger partial charge is 0.306 e. The van der Waals surface area contributed by atoms with Crippen molar-refractivity contribution in [3.05, 3.63) is 35.9 Å². The lowest BCUT2D eigenvalue weighted by molar-refractivity contribution is -0.141. The molecule has 0 amide bonds. The van der Waals surface area contributed by atoms with Gasteiger partial charge in [0.2, 0.25) is 0 Å². The quantitative estimate of drug-likeness (QED) is 0.748. The van der Waals surface area contributed by atoms with Crippen LogP contribution in [0.3, 0.4) is 0 Å². The van der Waals surface area contributed by atoms with Crippen molar-refractivity contribution in [1.29, 1.82) is 0 Å². The molecule has 0 aromatic heterocycles. The van der Waals surface area contributed by atoms with Gasteiger partial charge in [0.25, 0.3) is 0 Å². The maximum atomic E-state index is 12.2. The third-order valence-electron chi connectivity index (χ3n) is 3.46. The first-order valence-corrected chi connectivity index (χ1v) is 8.08. The molecule has 19 heavy (non-hydrogen) atoms. The molecule has 0 atom stereocenters. The standard InChI is InChI=1S/C14H18O4S/c1-18-13(15)9-14(7-8-14)11-19(16,17)10-12-5-3-2-4-6-12/h2-6H,7-11H2,1H3. The van der Waals surface area contributed by atoms with Crippen LogP contribution in [0.2, 0.25) is 0 Å². The number of carbonyl (C=O) groups excluding carboxylic acids is 1. The third-order valence-corrected chi connectivity index (χ3v) is 5.28. The summed E-state index contributed by atoms with van der Waals surface area (Å²) in [4.78, 5) is 11.3. The lowest BCUT2D eigenvalue weighted by Gasteiger charge is -2.14. The van der Waals surface area contributed by atoms with Crippen LogP contribution in [0.4, 0.5) is 0 Å². The van der Waals surface area contributed by atoms with Crippen molar-refractivity contribution in [2.45, 2.75) is 25.0 Å². The largest absolute Gasteiger partial charge is 0.469 e. The van der Waals surface area contributed by atoms with E-state index in [9.17, 15) is 13.2 Å². The van der Waals surface area contributed by atoms with E-state index < -0.39 is 9.84 Å². The summed E-state index contributed by atoms with van der Waals surface area (Å²) in [5.41, 5.74) is 0.414. The Kier molecular flexibility index (Phi) is 3.94. The van der Waals surface area contributed by atoms with Crippen LogP contribution in [0.1, 0.15) is 24.8 Å². The van der Waals surface area contributed by atoms with Crippen LogP contribution >= 0.6 is 0 Å². The molecule has 2 rings (SSSR count). The Bertz CT molecular complexity index is 544. The fourth-order valence-electron chi connectivity index (χ4n) is 2.27. The van der Waals surface area contributed by atoms with Gasteiger partial charge in [-0.05, 0) is 23.8 Å². The fourth-order valence-corrected chi connectivity index (χ4v) is 4.40. The van der Waals surface area contributed by atoms with E-state index in [0.717, 1.165) is 18.4 Å². The minimum Gasteiger partial charge on any atom is -0.469 e. The summed E-state index contributed by atoms with van der Waals surface area (Å²) in [6.45, 7) is 0. The van der Waals surface area contributed by atoms with Crippen LogP contribution in [0, 0.1) is 5.41 Å². The van der Waals surface area contributed by atoms with Crippen molar-refractivity contribution in [3.8, 4) is 0 Å². The molecule has 0 heterocycles. The Balaban J connectivity index is 2.00. The lowest BCUT2D eigenvalue weighted by atomic mass is 10.1. The number of hydrogen-bond acceptors (Lipinski definition) is 4. The van der Waals surface area contributed by atoms with Gasteiger partial charge in [-0.3, -0.25) is 4.79 Å². The zero-order valence-electron chi connectivity index (χ0n) is 11.0. The first kappa shape index (κ1) is 14.1. The highest BCUT2D eigenvalue weighted by atomic mass is 32.2. The van der Waals surface area contributed by atoms with E-state index in [0.29, 0.717) is 0 Å². The first-order chi connectivity index (χ1) is 8.95. The summed E-state index contributed by atoms with van der Waals surface area (Å²) in [6, 6.07) is 9.11. The maximum Gasteiger partial charge on any atom is 0.306 e. The van der Waals surface area contributed by atoms with Gasteiger partial charge in [-0.2, -0.15) is 0 Å². The maximum absolute atomic E-state index is 12.2. The highest BCUT2D eigenvalue weighted by Crippen LogP contribution is 2.50. The molecule has 0 bridgehead atoms. The Hall–Kier alpha value is -1.36. The second-order valence-corrected chi connectivity index (χ2v) is 7.34. The zero-order valence-corrected chi connectivity index (χ0v) is 11.8. The average Bonchev–Trinajstić information content (AvgIpc) is 3.08. The molecule has 1 fully saturated rings. The molecule has 0 saturated heterocycles. The second-order valence-electron chi connectivity index (χ2n) is 5.27. The van der Waals surface area contributed by atoms with Crippen LogP contribution in [-0.4, -0.2) is 27.2 Å². The summed E-state index contributed by atoms with van der Waals surface area (Å²) in [5.74, 6) is -0.215. The molecule has 0 N–H and O–H groups in total. The molecule has 4 nitrogen and oxygen atoms in total. The van der Waals surface area contributed by atoms with Crippen LogP contribution in [-0.2, 0) is 25.1 Å². The predicted octanol–water partition coefficient (Wildman–Crippen LogP) is 1.94. The number of hydrogen-bond donors (Lipinski definition) is 0. The number of benzene rings is 1. The number of sulfone groups is 1. The molecule has 1 saturated carbocycles. The average molecular weight is 282 g/mol. The highest BCUT2D eigenvalue weighted by molar-refractivity contribution is 7.90. The highest BCUT2D eigenvalue weighted by Gasteiger charge is 2.47. The van der Waals surface area contributed by atoms with Gasteiger partial charge < -0.3 is 4.74 Å². The van der Waals surface area contributed by atoms with Crippen LogP contribution in [0.25, 0.3) is 0 Å². The summed E-state index contributed by atoms with van der Waals surface area (Å²) >= 11 is 0. The number of rotatable bonds is 6. The Labute approximate surface area is 113 Å². The summed E-state index contributed by atoms with van der Waals surface area (Å²) < 4.78 is 29.0. The molecular weight excluding hydrogens is 264 g/mol. The van der Waals surface area contributed by atoms with Gasteiger partial charge in [-0.15, -0.1) is 0 Å². The van der Waals surface area contributed by atoms with Crippen molar-refractivity contribution < 1.29 is 17.9 Å². The van der Waals surface area contributed by atoms with Gasteiger partial charge in [0.1, 0.15) is 0 Å². The molecule has 5 heteroatoms. The molecule has 0 unspecified atom stereocenters.